The Morgan fingerprint density at radius 3 is 2.61 bits per heavy atom. The number of aromatic hydroxyl groups is 1. The second-order valence-electron chi connectivity index (χ2n) is 6.24. The summed E-state index contributed by atoms with van der Waals surface area (Å²) in [4.78, 5) is 12.8. The van der Waals surface area contributed by atoms with Gasteiger partial charge in [0.25, 0.3) is 0 Å². The van der Waals surface area contributed by atoms with Crippen LogP contribution in [-0.4, -0.2) is 5.11 Å². The van der Waals surface area contributed by atoms with Crippen LogP contribution in [0.25, 0.3) is 22.1 Å². The van der Waals surface area contributed by atoms with Crippen molar-refractivity contribution in [3.05, 3.63) is 94.3 Å². The van der Waals surface area contributed by atoms with Crippen molar-refractivity contribution in [1.82, 2.24) is 0 Å². The third kappa shape index (κ3) is 3.31. The largest absolute Gasteiger partial charge is 0.508 e. The quantitative estimate of drug-likeness (QED) is 0.568. The molecular weight excluding hydrogens is 354 g/mol. The van der Waals surface area contributed by atoms with Crippen LogP contribution in [0.5, 0.6) is 11.5 Å². The van der Waals surface area contributed by atoms with Gasteiger partial charge in [-0.05, 0) is 35.9 Å². The molecule has 0 unspecified atom stereocenters. The molecule has 0 fully saturated rings. The Labute approximate surface area is 160 Å². The molecule has 0 aliphatic heterocycles. The van der Waals surface area contributed by atoms with Gasteiger partial charge in [0.15, 0.2) is 5.43 Å². The van der Waals surface area contributed by atoms with Gasteiger partial charge < -0.3 is 14.3 Å². The molecule has 0 atom stereocenters. The van der Waals surface area contributed by atoms with E-state index in [4.69, 9.17) is 14.4 Å². The van der Waals surface area contributed by atoms with E-state index in [1.807, 2.05) is 12.1 Å². The number of phenols is 1. The van der Waals surface area contributed by atoms with E-state index in [2.05, 4.69) is 6.07 Å². The van der Waals surface area contributed by atoms with Crippen LogP contribution in [0.15, 0.2) is 82.2 Å². The Balaban J connectivity index is 1.63. The fourth-order valence-corrected chi connectivity index (χ4v) is 2.96. The summed E-state index contributed by atoms with van der Waals surface area (Å²) in [5, 5.41) is 19.0. The number of benzene rings is 3. The van der Waals surface area contributed by atoms with Crippen molar-refractivity contribution < 1.29 is 14.3 Å². The average molecular weight is 369 g/mol. The lowest BCUT2D eigenvalue weighted by Gasteiger charge is -2.09. The van der Waals surface area contributed by atoms with E-state index in [9.17, 15) is 9.90 Å². The van der Waals surface area contributed by atoms with Crippen LogP contribution in [0, 0.1) is 11.3 Å². The third-order valence-corrected chi connectivity index (χ3v) is 4.46. The van der Waals surface area contributed by atoms with Gasteiger partial charge in [-0.15, -0.1) is 0 Å². The van der Waals surface area contributed by atoms with Crippen molar-refractivity contribution in [2.75, 3.05) is 0 Å². The van der Waals surface area contributed by atoms with Crippen molar-refractivity contribution in [1.29, 1.82) is 5.26 Å². The summed E-state index contributed by atoms with van der Waals surface area (Å²) in [6.45, 7) is 0.241. The van der Waals surface area contributed by atoms with E-state index in [0.29, 0.717) is 33.4 Å². The molecule has 136 valence electrons. The summed E-state index contributed by atoms with van der Waals surface area (Å²) in [6, 6.07) is 20.8. The topological polar surface area (TPSA) is 83.5 Å². The minimum atomic E-state index is -0.159. The molecule has 4 rings (SSSR count). The van der Waals surface area contributed by atoms with E-state index in [1.54, 1.807) is 42.5 Å². The van der Waals surface area contributed by atoms with E-state index in [1.165, 1.54) is 18.4 Å². The minimum absolute atomic E-state index is 0.133. The SMILES string of the molecule is N#Cc1ccccc1COc1ccc2c(=O)c(-c3ccc(O)cc3)coc2c1. The van der Waals surface area contributed by atoms with Gasteiger partial charge in [0.05, 0.1) is 22.6 Å². The summed E-state index contributed by atoms with van der Waals surface area (Å²) in [5.74, 6) is 0.675. The van der Waals surface area contributed by atoms with Gasteiger partial charge in [-0.25, -0.2) is 0 Å². The predicted octanol–water partition coefficient (Wildman–Crippen LogP) is 4.62. The molecule has 1 heterocycles. The van der Waals surface area contributed by atoms with E-state index in [0.717, 1.165) is 5.56 Å². The normalized spacial score (nSPS) is 10.5. The van der Waals surface area contributed by atoms with Crippen molar-refractivity contribution in [3.63, 3.8) is 0 Å². The molecule has 1 N–H and O–H groups in total. The summed E-state index contributed by atoms with van der Waals surface area (Å²) in [6.07, 6.45) is 1.41. The van der Waals surface area contributed by atoms with Crippen LogP contribution < -0.4 is 10.2 Å². The highest BCUT2D eigenvalue weighted by atomic mass is 16.5. The summed E-state index contributed by atoms with van der Waals surface area (Å²) >= 11 is 0. The smallest absolute Gasteiger partial charge is 0.200 e. The molecule has 0 spiro atoms. The summed E-state index contributed by atoms with van der Waals surface area (Å²) < 4.78 is 11.4. The monoisotopic (exact) mass is 369 g/mol. The standard InChI is InChI=1S/C23H15NO4/c24-12-16-3-1-2-4-17(16)13-27-19-9-10-20-22(11-19)28-14-21(23(20)26)15-5-7-18(25)8-6-15/h1-11,14,25H,13H2. The van der Waals surface area contributed by atoms with Crippen molar-refractivity contribution in [2.24, 2.45) is 0 Å². The molecule has 0 saturated heterocycles. The highest BCUT2D eigenvalue weighted by Gasteiger charge is 2.11. The van der Waals surface area contributed by atoms with E-state index >= 15 is 0 Å². The average Bonchev–Trinajstić information content (AvgIpc) is 2.73. The molecule has 0 saturated carbocycles. The van der Waals surface area contributed by atoms with Crippen LogP contribution in [0.2, 0.25) is 0 Å². The highest BCUT2D eigenvalue weighted by Crippen LogP contribution is 2.25. The number of rotatable bonds is 4. The van der Waals surface area contributed by atoms with Crippen molar-refractivity contribution in [3.8, 4) is 28.7 Å². The van der Waals surface area contributed by atoms with Gasteiger partial charge in [0, 0.05) is 11.6 Å². The van der Waals surface area contributed by atoms with Gasteiger partial charge in [-0.3, -0.25) is 4.79 Å². The Morgan fingerprint density at radius 1 is 1.04 bits per heavy atom. The lowest BCUT2D eigenvalue weighted by atomic mass is 10.1. The number of hydrogen-bond acceptors (Lipinski definition) is 5. The maximum atomic E-state index is 12.8. The molecule has 4 aromatic rings. The highest BCUT2D eigenvalue weighted by molar-refractivity contribution is 5.82. The zero-order chi connectivity index (χ0) is 19.5. The third-order valence-electron chi connectivity index (χ3n) is 4.46. The number of fused-ring (bicyclic) bond motifs is 1. The zero-order valence-electron chi connectivity index (χ0n) is 14.8. The molecule has 5 heteroatoms. The van der Waals surface area contributed by atoms with Gasteiger partial charge in [-0.1, -0.05) is 30.3 Å². The second kappa shape index (κ2) is 7.29. The first-order chi connectivity index (χ1) is 13.7. The lowest BCUT2D eigenvalue weighted by molar-refractivity contribution is 0.306. The Kier molecular flexibility index (Phi) is 4.53. The molecule has 1 aromatic heterocycles. The number of nitrogens with zero attached hydrogens (tertiary/aromatic N) is 1. The molecule has 3 aromatic carbocycles. The molecular formula is C23H15NO4. The van der Waals surface area contributed by atoms with Gasteiger partial charge in [-0.2, -0.15) is 5.26 Å². The predicted molar refractivity (Wildman–Crippen MR) is 105 cm³/mol. The Morgan fingerprint density at radius 2 is 1.82 bits per heavy atom. The van der Waals surface area contributed by atoms with Crippen LogP contribution in [0.1, 0.15) is 11.1 Å². The number of phenolic OH excluding ortho intramolecular Hbond substituents is 1. The zero-order valence-corrected chi connectivity index (χ0v) is 14.8. The minimum Gasteiger partial charge on any atom is -0.508 e. The first-order valence-electron chi connectivity index (χ1n) is 8.61. The number of nitriles is 1. The Hall–Kier alpha value is -4.04. The fourth-order valence-electron chi connectivity index (χ4n) is 2.96. The van der Waals surface area contributed by atoms with Gasteiger partial charge in [0.2, 0.25) is 0 Å². The maximum absolute atomic E-state index is 12.8. The Bertz CT molecular complexity index is 1250. The maximum Gasteiger partial charge on any atom is 0.200 e. The molecule has 5 nitrogen and oxygen atoms in total. The molecule has 28 heavy (non-hydrogen) atoms. The van der Waals surface area contributed by atoms with Gasteiger partial charge >= 0.3 is 0 Å². The molecule has 0 amide bonds. The first kappa shape index (κ1) is 17.4. The summed E-state index contributed by atoms with van der Waals surface area (Å²) in [7, 11) is 0. The fraction of sp³-hybridized carbons (Fsp3) is 0.0435. The van der Waals surface area contributed by atoms with Gasteiger partial charge in [0.1, 0.15) is 30.0 Å². The number of hydrogen-bond donors (Lipinski definition) is 1. The number of ether oxygens (including phenoxy) is 1. The van der Waals surface area contributed by atoms with Crippen LogP contribution in [0.4, 0.5) is 0 Å². The second-order valence-corrected chi connectivity index (χ2v) is 6.24. The molecule has 0 radical (unpaired) electrons. The van der Waals surface area contributed by atoms with Crippen molar-refractivity contribution in [2.45, 2.75) is 6.61 Å². The molecule has 0 bridgehead atoms. The van der Waals surface area contributed by atoms with E-state index < -0.39 is 0 Å². The summed E-state index contributed by atoms with van der Waals surface area (Å²) in [5.41, 5.74) is 2.69. The van der Waals surface area contributed by atoms with Crippen molar-refractivity contribution >= 4 is 11.0 Å². The van der Waals surface area contributed by atoms with Crippen LogP contribution >= 0.6 is 0 Å². The molecule has 0 aliphatic rings. The first-order valence-corrected chi connectivity index (χ1v) is 8.61. The lowest BCUT2D eigenvalue weighted by Crippen LogP contribution is -2.05. The van der Waals surface area contributed by atoms with Crippen LogP contribution in [-0.2, 0) is 6.61 Å². The van der Waals surface area contributed by atoms with E-state index in [-0.39, 0.29) is 17.8 Å². The molecule has 0 aliphatic carbocycles. The van der Waals surface area contributed by atoms with Crippen LogP contribution in [0.3, 0.4) is 0 Å².